The van der Waals surface area contributed by atoms with Crippen molar-refractivity contribution in [2.45, 2.75) is 31.7 Å². The van der Waals surface area contributed by atoms with E-state index in [1.165, 1.54) is 0 Å². The normalized spacial score (nSPS) is 13.8. The van der Waals surface area contributed by atoms with Gasteiger partial charge >= 0.3 is 12.4 Å². The molecule has 1 aromatic carbocycles. The van der Waals surface area contributed by atoms with Crippen molar-refractivity contribution in [3.63, 3.8) is 0 Å². The number of nitrogens with one attached hydrogen (secondary N) is 1. The third-order valence-electron chi connectivity index (χ3n) is 2.67. The number of nitrogens with zero attached hydrogens (tertiary/aromatic N) is 1. The van der Waals surface area contributed by atoms with E-state index >= 15 is 0 Å². The monoisotopic (exact) mass is 310 g/mol. The largest absolute Gasteiger partial charge is 0.416 e. The van der Waals surface area contributed by atoms with Crippen LogP contribution in [0.2, 0.25) is 0 Å². The summed E-state index contributed by atoms with van der Waals surface area (Å²) in [6.07, 6.45) is -9.25. The van der Waals surface area contributed by atoms with Gasteiger partial charge in [-0.1, -0.05) is 6.92 Å². The zero-order valence-corrected chi connectivity index (χ0v) is 10.9. The third kappa shape index (κ3) is 4.63. The minimum Gasteiger partial charge on any atom is -0.298 e. The summed E-state index contributed by atoms with van der Waals surface area (Å²) >= 11 is 0. The van der Waals surface area contributed by atoms with Crippen LogP contribution in [0.15, 0.2) is 18.2 Å². The summed E-state index contributed by atoms with van der Waals surface area (Å²) in [5, 5.41) is 11.5. The molecule has 1 atom stereocenters. The van der Waals surface area contributed by atoms with Gasteiger partial charge in [0.05, 0.1) is 17.2 Å². The van der Waals surface area contributed by atoms with E-state index in [-0.39, 0.29) is 11.6 Å². The molecule has 0 aliphatic rings. The Balaban J connectivity index is 3.34. The molecule has 0 saturated carbocycles. The van der Waals surface area contributed by atoms with Crippen molar-refractivity contribution < 1.29 is 26.3 Å². The van der Waals surface area contributed by atoms with Crippen LogP contribution in [-0.2, 0) is 12.4 Å². The zero-order valence-electron chi connectivity index (χ0n) is 10.9. The van der Waals surface area contributed by atoms with Crippen LogP contribution in [-0.4, -0.2) is 6.54 Å². The number of nitriles is 1. The van der Waals surface area contributed by atoms with E-state index in [4.69, 9.17) is 5.26 Å². The minimum atomic E-state index is -4.92. The maximum Gasteiger partial charge on any atom is 0.416 e. The Morgan fingerprint density at radius 1 is 1.05 bits per heavy atom. The predicted molar refractivity (Wildman–Crippen MR) is 63.1 cm³/mol. The van der Waals surface area contributed by atoms with Gasteiger partial charge in [0, 0.05) is 0 Å². The van der Waals surface area contributed by atoms with Gasteiger partial charge in [-0.25, -0.2) is 0 Å². The maximum atomic E-state index is 12.7. The van der Waals surface area contributed by atoms with Crippen LogP contribution in [0.25, 0.3) is 0 Å². The molecule has 1 aromatic rings. The van der Waals surface area contributed by atoms with Gasteiger partial charge in [0.1, 0.15) is 6.04 Å². The number of benzene rings is 1. The maximum absolute atomic E-state index is 12.7. The number of rotatable bonds is 4. The molecule has 1 unspecified atom stereocenters. The van der Waals surface area contributed by atoms with Crippen LogP contribution in [0.5, 0.6) is 0 Å². The molecule has 2 nitrogen and oxygen atoms in total. The number of hydrogen-bond acceptors (Lipinski definition) is 2. The number of hydrogen-bond donors (Lipinski definition) is 1. The Bertz CT molecular complexity index is 495. The van der Waals surface area contributed by atoms with Crippen LogP contribution in [0.4, 0.5) is 26.3 Å². The lowest BCUT2D eigenvalue weighted by Crippen LogP contribution is -2.22. The molecular weight excluding hydrogens is 298 g/mol. The van der Waals surface area contributed by atoms with E-state index in [1.54, 1.807) is 13.0 Å². The van der Waals surface area contributed by atoms with Gasteiger partial charge < -0.3 is 0 Å². The Hall–Kier alpha value is -1.75. The number of alkyl halides is 6. The first-order chi connectivity index (χ1) is 9.59. The van der Waals surface area contributed by atoms with E-state index in [0.717, 1.165) is 0 Å². The lowest BCUT2D eigenvalue weighted by atomic mass is 10.00. The fraction of sp³-hybridized carbons (Fsp3) is 0.462. The molecule has 0 bridgehead atoms. The Labute approximate surface area is 117 Å². The SMILES string of the molecule is CCCNC(C#N)c1cc(C(F)(F)F)cc(C(F)(F)F)c1. The average Bonchev–Trinajstić information content (AvgIpc) is 2.37. The van der Waals surface area contributed by atoms with Crippen molar-refractivity contribution in [1.29, 1.82) is 5.26 Å². The molecule has 0 aliphatic carbocycles. The fourth-order valence-corrected chi connectivity index (χ4v) is 1.67. The smallest absolute Gasteiger partial charge is 0.298 e. The predicted octanol–water partition coefficient (Wildman–Crippen LogP) is 4.29. The second kappa shape index (κ2) is 6.35. The fourth-order valence-electron chi connectivity index (χ4n) is 1.67. The summed E-state index contributed by atoms with van der Waals surface area (Å²) in [6.45, 7) is 2.06. The number of halogens is 6. The average molecular weight is 310 g/mol. The van der Waals surface area contributed by atoms with Gasteiger partial charge in [-0.15, -0.1) is 0 Å². The molecule has 0 aliphatic heterocycles. The van der Waals surface area contributed by atoms with Gasteiger partial charge in [0.2, 0.25) is 0 Å². The van der Waals surface area contributed by atoms with E-state index in [9.17, 15) is 26.3 Å². The van der Waals surface area contributed by atoms with Gasteiger partial charge in [0.25, 0.3) is 0 Å². The second-order valence-electron chi connectivity index (χ2n) is 4.36. The molecule has 1 N–H and O–H groups in total. The molecule has 0 aromatic heterocycles. The van der Waals surface area contributed by atoms with Gasteiger partial charge in [-0.05, 0) is 36.7 Å². The Morgan fingerprint density at radius 3 is 1.86 bits per heavy atom. The highest BCUT2D eigenvalue weighted by Gasteiger charge is 2.37. The Kier molecular flexibility index (Phi) is 5.23. The third-order valence-corrected chi connectivity index (χ3v) is 2.67. The first-order valence-corrected chi connectivity index (χ1v) is 6.02. The van der Waals surface area contributed by atoms with Crippen LogP contribution < -0.4 is 5.32 Å². The van der Waals surface area contributed by atoms with Crippen molar-refractivity contribution in [1.82, 2.24) is 5.32 Å². The van der Waals surface area contributed by atoms with E-state index in [1.807, 2.05) is 0 Å². The second-order valence-corrected chi connectivity index (χ2v) is 4.36. The highest BCUT2D eigenvalue weighted by molar-refractivity contribution is 5.37. The summed E-state index contributed by atoms with van der Waals surface area (Å²) in [6, 6.07) is 1.60. The minimum absolute atomic E-state index is 0.0394. The van der Waals surface area contributed by atoms with Gasteiger partial charge in [-0.3, -0.25) is 5.32 Å². The van der Waals surface area contributed by atoms with Crippen molar-refractivity contribution in [2.75, 3.05) is 6.54 Å². The van der Waals surface area contributed by atoms with Crippen molar-refractivity contribution >= 4 is 0 Å². The Morgan fingerprint density at radius 2 is 1.52 bits per heavy atom. The quantitative estimate of drug-likeness (QED) is 0.842. The lowest BCUT2D eigenvalue weighted by Gasteiger charge is -2.17. The van der Waals surface area contributed by atoms with Crippen LogP contribution >= 0.6 is 0 Å². The highest BCUT2D eigenvalue weighted by atomic mass is 19.4. The van der Waals surface area contributed by atoms with Crippen LogP contribution in [0.3, 0.4) is 0 Å². The van der Waals surface area contributed by atoms with Crippen molar-refractivity contribution in [2.24, 2.45) is 0 Å². The van der Waals surface area contributed by atoms with E-state index in [2.05, 4.69) is 5.32 Å². The van der Waals surface area contributed by atoms with E-state index < -0.39 is 29.5 Å². The van der Waals surface area contributed by atoms with E-state index in [0.29, 0.717) is 25.1 Å². The molecule has 0 radical (unpaired) electrons. The zero-order chi connectivity index (χ0) is 16.3. The summed E-state index contributed by atoms with van der Waals surface area (Å²) < 4.78 is 76.1. The summed E-state index contributed by atoms with van der Waals surface area (Å²) in [5.74, 6) is 0. The first kappa shape index (κ1) is 17.3. The topological polar surface area (TPSA) is 35.8 Å². The standard InChI is InChI=1S/C13H12F6N2/c1-2-3-21-11(7-20)8-4-9(12(14,15)16)6-10(5-8)13(17,18)19/h4-6,11,21H,2-3H2,1H3. The molecule has 0 heterocycles. The molecular formula is C13H12F6N2. The van der Waals surface area contributed by atoms with Crippen molar-refractivity contribution in [3.05, 3.63) is 34.9 Å². The van der Waals surface area contributed by atoms with Crippen molar-refractivity contribution in [3.8, 4) is 6.07 Å². The molecule has 21 heavy (non-hydrogen) atoms. The summed E-state index contributed by atoms with van der Waals surface area (Å²) in [7, 11) is 0. The summed E-state index contributed by atoms with van der Waals surface area (Å²) in [5.41, 5.74) is -3.20. The summed E-state index contributed by atoms with van der Waals surface area (Å²) in [4.78, 5) is 0. The highest BCUT2D eigenvalue weighted by Crippen LogP contribution is 2.37. The first-order valence-electron chi connectivity index (χ1n) is 6.02. The van der Waals surface area contributed by atoms with Gasteiger partial charge in [0.15, 0.2) is 0 Å². The lowest BCUT2D eigenvalue weighted by molar-refractivity contribution is -0.143. The van der Waals surface area contributed by atoms with Gasteiger partial charge in [-0.2, -0.15) is 31.6 Å². The molecule has 1 rings (SSSR count). The molecule has 0 fully saturated rings. The molecule has 0 amide bonds. The van der Waals surface area contributed by atoms with Crippen LogP contribution in [0, 0.1) is 11.3 Å². The molecule has 8 heteroatoms. The molecule has 0 spiro atoms. The van der Waals surface area contributed by atoms with Crippen LogP contribution in [0.1, 0.15) is 36.1 Å². The molecule has 0 saturated heterocycles. The molecule has 116 valence electrons.